The van der Waals surface area contributed by atoms with E-state index in [1.54, 1.807) is 18.5 Å². The molecule has 1 saturated heterocycles. The maximum absolute atomic E-state index is 13.9. The maximum Gasteiger partial charge on any atom is 0.159 e. The number of nitriles is 1. The van der Waals surface area contributed by atoms with E-state index in [0.29, 0.717) is 18.8 Å². The molecule has 1 aromatic carbocycles. The highest BCUT2D eigenvalue weighted by molar-refractivity contribution is 5.61. The van der Waals surface area contributed by atoms with E-state index in [-0.39, 0.29) is 5.56 Å². The van der Waals surface area contributed by atoms with Crippen molar-refractivity contribution in [3.05, 3.63) is 59.4 Å². The van der Waals surface area contributed by atoms with Gasteiger partial charge < -0.3 is 9.80 Å². The van der Waals surface area contributed by atoms with Gasteiger partial charge in [0.15, 0.2) is 5.82 Å². The fourth-order valence-electron chi connectivity index (χ4n) is 3.55. The predicted octanol–water partition coefficient (Wildman–Crippen LogP) is 2.62. The first-order valence-electron chi connectivity index (χ1n) is 9.11. The molecule has 3 heterocycles. The summed E-state index contributed by atoms with van der Waals surface area (Å²) in [7, 11) is 0. The number of hydrogen-bond acceptors (Lipinski definition) is 6. The number of hydrogen-bond donors (Lipinski definition) is 0. The van der Waals surface area contributed by atoms with Crippen LogP contribution in [0.3, 0.4) is 0 Å². The normalized spacial score (nSPS) is 14.2. The van der Waals surface area contributed by atoms with Gasteiger partial charge in [0, 0.05) is 37.9 Å². The molecule has 28 heavy (non-hydrogen) atoms. The Morgan fingerprint density at radius 2 is 1.71 bits per heavy atom. The average Bonchev–Trinajstić information content (AvgIpc) is 3.06. The van der Waals surface area contributed by atoms with E-state index in [9.17, 15) is 9.65 Å². The molecule has 0 saturated carbocycles. The minimum Gasteiger partial charge on any atom is -0.367 e. The highest BCUT2D eigenvalue weighted by Crippen LogP contribution is 2.25. The Balaban J connectivity index is 1.52. The van der Waals surface area contributed by atoms with Gasteiger partial charge in [-0.2, -0.15) is 10.4 Å². The van der Waals surface area contributed by atoms with E-state index in [1.807, 2.05) is 41.6 Å². The third-order valence-corrected chi connectivity index (χ3v) is 4.91. The number of aromatic nitrogens is 4. The van der Waals surface area contributed by atoms with Gasteiger partial charge in [0.05, 0.1) is 11.4 Å². The highest BCUT2D eigenvalue weighted by atomic mass is 19.1. The van der Waals surface area contributed by atoms with Gasteiger partial charge in [0.2, 0.25) is 0 Å². The first-order valence-corrected chi connectivity index (χ1v) is 9.11. The van der Waals surface area contributed by atoms with Crippen molar-refractivity contribution in [1.82, 2.24) is 19.7 Å². The predicted molar refractivity (Wildman–Crippen MR) is 104 cm³/mol. The van der Waals surface area contributed by atoms with E-state index in [0.717, 1.165) is 36.1 Å². The molecule has 4 rings (SSSR count). The summed E-state index contributed by atoms with van der Waals surface area (Å²) in [5.41, 5.74) is 2.70. The van der Waals surface area contributed by atoms with Crippen molar-refractivity contribution in [3.63, 3.8) is 0 Å². The van der Waals surface area contributed by atoms with Crippen molar-refractivity contribution in [1.29, 1.82) is 5.26 Å². The van der Waals surface area contributed by atoms with Gasteiger partial charge in [-0.25, -0.2) is 19.0 Å². The number of anilines is 2. The average molecular weight is 377 g/mol. The van der Waals surface area contributed by atoms with E-state index in [1.165, 1.54) is 6.07 Å². The highest BCUT2D eigenvalue weighted by Gasteiger charge is 2.22. The number of nitrogens with zero attached hydrogens (tertiary/aromatic N) is 7. The van der Waals surface area contributed by atoms with E-state index in [2.05, 4.69) is 20.0 Å². The SMILES string of the molecule is Cc1cc(C)n(-c2cc(N3CCN(c4cccc(F)c4C#N)CC3)ncn2)n1. The number of piperazine rings is 1. The molecule has 0 unspecified atom stereocenters. The lowest BCUT2D eigenvalue weighted by atomic mass is 10.1. The van der Waals surface area contributed by atoms with Crippen molar-refractivity contribution in [2.45, 2.75) is 13.8 Å². The summed E-state index contributed by atoms with van der Waals surface area (Å²) in [6.45, 7) is 6.73. The molecule has 7 nitrogen and oxygen atoms in total. The molecule has 0 atom stereocenters. The quantitative estimate of drug-likeness (QED) is 0.699. The summed E-state index contributed by atoms with van der Waals surface area (Å²) in [5.74, 6) is 1.08. The minimum absolute atomic E-state index is 0.102. The lowest BCUT2D eigenvalue weighted by Gasteiger charge is -2.37. The Bertz CT molecular complexity index is 1040. The smallest absolute Gasteiger partial charge is 0.159 e. The third-order valence-electron chi connectivity index (χ3n) is 4.91. The fourth-order valence-corrected chi connectivity index (χ4v) is 3.55. The Morgan fingerprint density at radius 1 is 1.00 bits per heavy atom. The molecule has 1 fully saturated rings. The Kier molecular flexibility index (Phi) is 4.65. The summed E-state index contributed by atoms with van der Waals surface area (Å²) >= 11 is 0. The summed E-state index contributed by atoms with van der Waals surface area (Å²) < 4.78 is 15.7. The Hall–Kier alpha value is -3.47. The molecule has 0 bridgehead atoms. The standard InChI is InChI=1S/C20H20FN7/c1-14-10-15(2)28(25-14)20-11-19(23-13-24-20)27-8-6-26(7-9-27)18-5-3-4-17(21)16(18)12-22/h3-5,10-11,13H,6-9H2,1-2H3. The van der Waals surface area contributed by atoms with Crippen LogP contribution in [0.2, 0.25) is 0 Å². The zero-order valence-corrected chi connectivity index (χ0v) is 15.8. The second kappa shape index (κ2) is 7.27. The lowest BCUT2D eigenvalue weighted by molar-refractivity contribution is 0.615. The maximum atomic E-state index is 13.9. The van der Waals surface area contributed by atoms with Gasteiger partial charge in [-0.1, -0.05) is 6.07 Å². The molecular formula is C20H20FN7. The largest absolute Gasteiger partial charge is 0.367 e. The fraction of sp³-hybridized carbons (Fsp3) is 0.300. The second-order valence-electron chi connectivity index (χ2n) is 6.79. The number of rotatable bonds is 3. The molecule has 8 heteroatoms. The van der Waals surface area contributed by atoms with Crippen LogP contribution in [-0.4, -0.2) is 45.9 Å². The van der Waals surface area contributed by atoms with Gasteiger partial charge in [0.1, 0.15) is 29.6 Å². The number of aryl methyl sites for hydroxylation is 2. The summed E-state index contributed by atoms with van der Waals surface area (Å²) in [6, 6.07) is 10.7. The van der Waals surface area contributed by atoms with Gasteiger partial charge in [0.25, 0.3) is 0 Å². The first-order chi connectivity index (χ1) is 13.6. The molecule has 1 aliphatic heterocycles. The van der Waals surface area contributed by atoms with Crippen LogP contribution in [0.4, 0.5) is 15.9 Å². The van der Waals surface area contributed by atoms with E-state index < -0.39 is 5.82 Å². The summed E-state index contributed by atoms with van der Waals surface area (Å²) in [4.78, 5) is 13.0. The molecular weight excluding hydrogens is 357 g/mol. The molecule has 1 aliphatic rings. The molecule has 0 spiro atoms. The summed E-state index contributed by atoms with van der Waals surface area (Å²) in [6.07, 6.45) is 1.55. The van der Waals surface area contributed by atoms with Gasteiger partial charge in [-0.15, -0.1) is 0 Å². The van der Waals surface area contributed by atoms with E-state index >= 15 is 0 Å². The molecule has 0 amide bonds. The van der Waals surface area contributed by atoms with Crippen LogP contribution in [0.1, 0.15) is 17.0 Å². The van der Waals surface area contributed by atoms with E-state index in [4.69, 9.17) is 0 Å². The number of benzene rings is 1. The van der Waals surface area contributed by atoms with Gasteiger partial charge in [-0.05, 0) is 32.0 Å². The van der Waals surface area contributed by atoms with Crippen molar-refractivity contribution < 1.29 is 4.39 Å². The summed E-state index contributed by atoms with van der Waals surface area (Å²) in [5, 5.41) is 13.7. The van der Waals surface area contributed by atoms with Crippen molar-refractivity contribution in [3.8, 4) is 11.9 Å². The van der Waals surface area contributed by atoms with Crippen LogP contribution < -0.4 is 9.80 Å². The second-order valence-corrected chi connectivity index (χ2v) is 6.79. The topological polar surface area (TPSA) is 73.9 Å². The van der Waals surface area contributed by atoms with Crippen LogP contribution in [-0.2, 0) is 0 Å². The molecule has 3 aromatic rings. The third kappa shape index (κ3) is 3.27. The van der Waals surface area contributed by atoms with Crippen molar-refractivity contribution in [2.75, 3.05) is 36.0 Å². The molecule has 142 valence electrons. The van der Waals surface area contributed by atoms with Crippen LogP contribution in [0, 0.1) is 31.0 Å². The van der Waals surface area contributed by atoms with Gasteiger partial charge >= 0.3 is 0 Å². The minimum atomic E-state index is -0.479. The molecule has 0 N–H and O–H groups in total. The molecule has 2 aromatic heterocycles. The molecule has 0 aliphatic carbocycles. The van der Waals surface area contributed by atoms with Crippen LogP contribution in [0.5, 0.6) is 0 Å². The molecule has 0 radical (unpaired) electrons. The van der Waals surface area contributed by atoms with Crippen molar-refractivity contribution >= 4 is 11.5 Å². The Labute approximate surface area is 162 Å². The van der Waals surface area contributed by atoms with Gasteiger partial charge in [-0.3, -0.25) is 0 Å². The van der Waals surface area contributed by atoms with Crippen LogP contribution in [0.25, 0.3) is 5.82 Å². The first kappa shape index (κ1) is 17.9. The Morgan fingerprint density at radius 3 is 2.39 bits per heavy atom. The van der Waals surface area contributed by atoms with Crippen LogP contribution >= 0.6 is 0 Å². The lowest BCUT2D eigenvalue weighted by Crippen LogP contribution is -2.47. The zero-order valence-electron chi connectivity index (χ0n) is 15.8. The number of halogens is 1. The van der Waals surface area contributed by atoms with Crippen molar-refractivity contribution in [2.24, 2.45) is 0 Å². The monoisotopic (exact) mass is 377 g/mol. The zero-order chi connectivity index (χ0) is 19.7. The van der Waals surface area contributed by atoms with Crippen LogP contribution in [0.15, 0.2) is 36.7 Å².